The van der Waals surface area contributed by atoms with E-state index in [0.717, 1.165) is 16.9 Å². The quantitative estimate of drug-likeness (QED) is 0.535. The Morgan fingerprint density at radius 1 is 1.03 bits per heavy atom. The smallest absolute Gasteiger partial charge is 0.359 e. The second-order valence-electron chi connectivity index (χ2n) is 7.79. The average Bonchev–Trinajstić information content (AvgIpc) is 3.22. The van der Waals surface area contributed by atoms with Gasteiger partial charge >= 0.3 is 5.97 Å². The van der Waals surface area contributed by atoms with Gasteiger partial charge in [0.15, 0.2) is 17.2 Å². The molecule has 4 rings (SSSR count). The normalized spacial score (nSPS) is 12.8. The molecule has 0 aliphatic carbocycles. The molecule has 3 aromatic rings. The van der Waals surface area contributed by atoms with Crippen molar-refractivity contribution in [2.75, 3.05) is 27.4 Å². The highest BCUT2D eigenvalue weighted by Gasteiger charge is 2.31. The maximum atomic E-state index is 13.3. The lowest BCUT2D eigenvalue weighted by atomic mass is 10.0. The lowest BCUT2D eigenvalue weighted by Gasteiger charge is -2.28. The number of benzene rings is 2. The number of carbonyl (C=O) groups excluding carboxylic acids is 2. The van der Waals surface area contributed by atoms with Crippen LogP contribution >= 0.6 is 0 Å². The van der Waals surface area contributed by atoms with Gasteiger partial charge in [-0.15, -0.1) is 0 Å². The summed E-state index contributed by atoms with van der Waals surface area (Å²) in [4.78, 5) is 27.7. The van der Waals surface area contributed by atoms with E-state index in [1.54, 1.807) is 41.8 Å². The van der Waals surface area contributed by atoms with Gasteiger partial charge in [0.2, 0.25) is 0 Å². The first-order valence-electron chi connectivity index (χ1n) is 10.8. The van der Waals surface area contributed by atoms with Crippen LogP contribution in [0.1, 0.15) is 44.6 Å². The molecule has 0 spiro atoms. The van der Waals surface area contributed by atoms with Gasteiger partial charge in [0.05, 0.1) is 38.8 Å². The summed E-state index contributed by atoms with van der Waals surface area (Å²) in [5, 5.41) is 4.59. The van der Waals surface area contributed by atoms with Crippen LogP contribution in [-0.4, -0.2) is 53.9 Å². The zero-order valence-corrected chi connectivity index (χ0v) is 19.3. The van der Waals surface area contributed by atoms with Crippen molar-refractivity contribution in [3.05, 3.63) is 70.5 Å². The molecule has 0 unspecified atom stereocenters. The summed E-state index contributed by atoms with van der Waals surface area (Å²) >= 11 is 0. The first-order chi connectivity index (χ1) is 16.0. The van der Waals surface area contributed by atoms with Crippen molar-refractivity contribution in [2.45, 2.75) is 26.8 Å². The Hall–Kier alpha value is -3.81. The molecule has 172 valence electrons. The second kappa shape index (κ2) is 9.36. The standard InChI is InChI=1S/C25H27N3O5/c1-5-33-25(30)23-19-15-27(24(29)17-8-11-21(31-3)22(14-17)32-4)13-12-20(19)28(26-23)18-9-6-16(2)7-10-18/h6-11,14H,5,12-13,15H2,1-4H3. The second-order valence-corrected chi connectivity index (χ2v) is 7.79. The van der Waals surface area contributed by atoms with Crippen LogP contribution < -0.4 is 9.47 Å². The number of ether oxygens (including phenoxy) is 3. The molecule has 0 saturated carbocycles. The van der Waals surface area contributed by atoms with Crippen molar-refractivity contribution in [3.8, 4) is 17.2 Å². The third-order valence-corrected chi connectivity index (χ3v) is 5.72. The van der Waals surface area contributed by atoms with Crippen molar-refractivity contribution in [1.29, 1.82) is 0 Å². The van der Waals surface area contributed by atoms with E-state index in [0.29, 0.717) is 35.6 Å². The molecule has 1 aliphatic heterocycles. The molecule has 1 aliphatic rings. The van der Waals surface area contributed by atoms with Crippen molar-refractivity contribution >= 4 is 11.9 Å². The fourth-order valence-electron chi connectivity index (χ4n) is 4.01. The van der Waals surface area contributed by atoms with E-state index in [9.17, 15) is 9.59 Å². The molecule has 2 aromatic carbocycles. The molecule has 1 aromatic heterocycles. The Morgan fingerprint density at radius 3 is 2.42 bits per heavy atom. The summed E-state index contributed by atoms with van der Waals surface area (Å²) in [5.74, 6) is 0.402. The molecule has 0 bridgehead atoms. The molecule has 33 heavy (non-hydrogen) atoms. The summed E-state index contributed by atoms with van der Waals surface area (Å²) in [5.41, 5.74) is 4.37. The number of hydrogen-bond acceptors (Lipinski definition) is 6. The monoisotopic (exact) mass is 449 g/mol. The largest absolute Gasteiger partial charge is 0.493 e. The highest BCUT2D eigenvalue weighted by atomic mass is 16.5. The molecule has 2 heterocycles. The number of methoxy groups -OCH3 is 2. The minimum atomic E-state index is -0.486. The van der Waals surface area contributed by atoms with Crippen LogP contribution in [0.15, 0.2) is 42.5 Å². The molecular weight excluding hydrogens is 422 g/mol. The SMILES string of the molecule is CCOC(=O)c1nn(-c2ccc(C)cc2)c2c1CN(C(=O)c1ccc(OC)c(OC)c1)CC2. The van der Waals surface area contributed by atoms with Gasteiger partial charge in [-0.25, -0.2) is 9.48 Å². The number of amides is 1. The van der Waals surface area contributed by atoms with Gasteiger partial charge in [-0.05, 0) is 44.2 Å². The van der Waals surface area contributed by atoms with E-state index in [1.807, 2.05) is 31.2 Å². The van der Waals surface area contributed by atoms with E-state index < -0.39 is 5.97 Å². The number of hydrogen-bond donors (Lipinski definition) is 0. The van der Waals surface area contributed by atoms with Gasteiger partial charge in [0.1, 0.15) is 0 Å². The van der Waals surface area contributed by atoms with E-state index in [-0.39, 0.29) is 24.8 Å². The van der Waals surface area contributed by atoms with Crippen LogP contribution in [0.4, 0.5) is 0 Å². The van der Waals surface area contributed by atoms with Crippen LogP contribution in [0.3, 0.4) is 0 Å². The summed E-state index contributed by atoms with van der Waals surface area (Å²) in [6.45, 7) is 4.79. The summed E-state index contributed by atoms with van der Waals surface area (Å²) in [7, 11) is 3.08. The molecular formula is C25H27N3O5. The highest BCUT2D eigenvalue weighted by molar-refractivity contribution is 5.95. The number of rotatable bonds is 6. The van der Waals surface area contributed by atoms with E-state index in [1.165, 1.54) is 7.11 Å². The van der Waals surface area contributed by atoms with Crippen molar-refractivity contribution in [1.82, 2.24) is 14.7 Å². The Labute approximate surface area is 192 Å². The molecule has 8 nitrogen and oxygen atoms in total. The average molecular weight is 450 g/mol. The maximum absolute atomic E-state index is 13.3. The predicted molar refractivity (Wildman–Crippen MR) is 122 cm³/mol. The molecule has 0 N–H and O–H groups in total. The molecule has 0 fully saturated rings. The predicted octanol–water partition coefficient (Wildman–Crippen LogP) is 3.57. The minimum Gasteiger partial charge on any atom is -0.493 e. The third kappa shape index (κ3) is 4.28. The Balaban J connectivity index is 1.69. The van der Waals surface area contributed by atoms with Gasteiger partial charge in [-0.2, -0.15) is 5.10 Å². The molecule has 8 heteroatoms. The summed E-state index contributed by atoms with van der Waals surface area (Å²) < 4.78 is 17.6. The fourth-order valence-corrected chi connectivity index (χ4v) is 4.01. The van der Waals surface area contributed by atoms with Crippen LogP contribution in [0.2, 0.25) is 0 Å². The summed E-state index contributed by atoms with van der Waals surface area (Å²) in [6.07, 6.45) is 0.564. The van der Waals surface area contributed by atoms with E-state index in [2.05, 4.69) is 5.10 Å². The third-order valence-electron chi connectivity index (χ3n) is 5.72. The number of aryl methyl sites for hydroxylation is 1. The Kier molecular flexibility index (Phi) is 6.35. The lowest BCUT2D eigenvalue weighted by molar-refractivity contribution is 0.0513. The van der Waals surface area contributed by atoms with Gasteiger partial charge in [-0.1, -0.05) is 17.7 Å². The lowest BCUT2D eigenvalue weighted by Crippen LogP contribution is -2.36. The van der Waals surface area contributed by atoms with Gasteiger partial charge in [-0.3, -0.25) is 4.79 Å². The minimum absolute atomic E-state index is 0.153. The van der Waals surface area contributed by atoms with Crippen LogP contribution in [0, 0.1) is 6.92 Å². The highest BCUT2D eigenvalue weighted by Crippen LogP contribution is 2.30. The van der Waals surface area contributed by atoms with Crippen molar-refractivity contribution in [2.24, 2.45) is 0 Å². The Bertz CT molecular complexity index is 1180. The Morgan fingerprint density at radius 2 is 1.76 bits per heavy atom. The maximum Gasteiger partial charge on any atom is 0.359 e. The fraction of sp³-hybridized carbons (Fsp3) is 0.320. The van der Waals surface area contributed by atoms with Gasteiger partial charge in [0.25, 0.3) is 5.91 Å². The zero-order valence-electron chi connectivity index (χ0n) is 19.3. The van der Waals surface area contributed by atoms with Crippen LogP contribution in [0.25, 0.3) is 5.69 Å². The van der Waals surface area contributed by atoms with Crippen molar-refractivity contribution < 1.29 is 23.8 Å². The van der Waals surface area contributed by atoms with Gasteiger partial charge < -0.3 is 19.1 Å². The van der Waals surface area contributed by atoms with E-state index >= 15 is 0 Å². The molecule has 1 amide bonds. The molecule has 0 atom stereocenters. The first kappa shape index (κ1) is 22.4. The number of esters is 1. The number of nitrogens with zero attached hydrogens (tertiary/aromatic N) is 3. The van der Waals surface area contributed by atoms with Crippen LogP contribution in [0.5, 0.6) is 11.5 Å². The zero-order chi connectivity index (χ0) is 23.5. The first-order valence-corrected chi connectivity index (χ1v) is 10.8. The molecule has 0 saturated heterocycles. The number of fused-ring (bicyclic) bond motifs is 1. The topological polar surface area (TPSA) is 82.9 Å². The summed E-state index contributed by atoms with van der Waals surface area (Å²) in [6, 6.07) is 13.0. The number of aromatic nitrogens is 2. The molecule has 0 radical (unpaired) electrons. The number of carbonyl (C=O) groups is 2. The van der Waals surface area contributed by atoms with E-state index in [4.69, 9.17) is 14.2 Å². The van der Waals surface area contributed by atoms with Crippen molar-refractivity contribution in [3.63, 3.8) is 0 Å². The van der Waals surface area contributed by atoms with Crippen LogP contribution in [-0.2, 0) is 17.7 Å². The van der Waals surface area contributed by atoms with Gasteiger partial charge in [0, 0.05) is 24.1 Å².